The molecule has 1 heterocycles. The Morgan fingerprint density at radius 2 is 1.67 bits per heavy atom. The molecule has 196 valence electrons. The Kier molecular flexibility index (Phi) is 9.33. The predicted molar refractivity (Wildman–Crippen MR) is 147 cm³/mol. The molecule has 1 saturated heterocycles. The van der Waals surface area contributed by atoms with Crippen LogP contribution in [0.4, 0.5) is 0 Å². The fourth-order valence-electron chi connectivity index (χ4n) is 5.08. The monoisotopic (exact) mass is 510 g/mol. The molecule has 1 aliphatic rings. The van der Waals surface area contributed by atoms with Gasteiger partial charge in [-0.05, 0) is 55.4 Å². The smallest absolute Gasteiger partial charge is 0.333 e. The van der Waals surface area contributed by atoms with Crippen LogP contribution in [0, 0.1) is 0 Å². The van der Waals surface area contributed by atoms with Gasteiger partial charge in [0.05, 0.1) is 31.0 Å². The number of carbonyl (C=O) groups is 1. The van der Waals surface area contributed by atoms with E-state index in [1.165, 1.54) is 10.4 Å². The molecule has 5 nitrogen and oxygen atoms in total. The third kappa shape index (κ3) is 6.35. The molecule has 1 N–H and O–H groups in total. The van der Waals surface area contributed by atoms with Gasteiger partial charge < -0.3 is 19.0 Å². The van der Waals surface area contributed by atoms with Gasteiger partial charge in [0.1, 0.15) is 0 Å². The molecule has 0 radical (unpaired) electrons. The van der Waals surface area contributed by atoms with Gasteiger partial charge in [-0.2, -0.15) is 0 Å². The van der Waals surface area contributed by atoms with Crippen molar-refractivity contribution in [1.82, 2.24) is 0 Å². The largest absolute Gasteiger partial charge is 0.463 e. The molecule has 3 atom stereocenters. The molecule has 1 aliphatic heterocycles. The lowest BCUT2D eigenvalue weighted by Crippen LogP contribution is -2.67. The molecule has 6 heteroatoms. The maximum atomic E-state index is 12.0. The van der Waals surface area contributed by atoms with Gasteiger partial charge in [0.25, 0.3) is 8.32 Å². The highest BCUT2D eigenvalue weighted by Gasteiger charge is 2.51. The normalized spacial score (nSPS) is 23.4. The van der Waals surface area contributed by atoms with Gasteiger partial charge in [0.15, 0.2) is 0 Å². The summed E-state index contributed by atoms with van der Waals surface area (Å²) in [5.74, 6) is -0.334. The summed E-state index contributed by atoms with van der Waals surface area (Å²) < 4.78 is 18.6. The second-order valence-corrected chi connectivity index (χ2v) is 15.3. The third-order valence-corrected chi connectivity index (χ3v) is 12.2. The summed E-state index contributed by atoms with van der Waals surface area (Å²) in [6, 6.07) is 21.1. The minimum absolute atomic E-state index is 0.116. The van der Waals surface area contributed by atoms with Gasteiger partial charge in [-0.15, -0.1) is 0 Å². The molecule has 0 amide bonds. The molecule has 0 aromatic heterocycles. The van der Waals surface area contributed by atoms with Crippen molar-refractivity contribution in [2.75, 3.05) is 13.2 Å². The van der Waals surface area contributed by atoms with Crippen LogP contribution in [0.3, 0.4) is 0 Å². The number of ether oxygens (including phenoxy) is 2. The molecular weight excluding hydrogens is 468 g/mol. The van der Waals surface area contributed by atoms with E-state index in [9.17, 15) is 9.90 Å². The molecule has 36 heavy (non-hydrogen) atoms. The molecule has 0 unspecified atom stereocenters. The van der Waals surface area contributed by atoms with Crippen LogP contribution in [0.2, 0.25) is 5.04 Å². The van der Waals surface area contributed by atoms with E-state index < -0.39 is 20.0 Å². The van der Waals surface area contributed by atoms with Crippen LogP contribution in [-0.4, -0.2) is 50.4 Å². The van der Waals surface area contributed by atoms with Crippen LogP contribution >= 0.6 is 0 Å². The van der Waals surface area contributed by atoms with E-state index in [2.05, 4.69) is 69.3 Å². The number of hydrogen-bond acceptors (Lipinski definition) is 5. The predicted octanol–water partition coefficient (Wildman–Crippen LogP) is 4.76. The first-order valence-electron chi connectivity index (χ1n) is 13.0. The first kappa shape index (κ1) is 28.3. The van der Waals surface area contributed by atoms with Gasteiger partial charge in [0, 0.05) is 5.57 Å². The molecular formula is C30H42O5Si. The molecule has 3 rings (SSSR count). The number of esters is 1. The lowest BCUT2D eigenvalue weighted by atomic mass is 9.86. The van der Waals surface area contributed by atoms with E-state index in [-0.39, 0.29) is 17.1 Å². The fourth-order valence-corrected chi connectivity index (χ4v) is 9.68. The van der Waals surface area contributed by atoms with Gasteiger partial charge in [0.2, 0.25) is 0 Å². The zero-order valence-electron chi connectivity index (χ0n) is 22.6. The molecule has 0 aliphatic carbocycles. The molecule has 1 fully saturated rings. The maximum Gasteiger partial charge on any atom is 0.333 e. The Bertz CT molecular complexity index is 971. The van der Waals surface area contributed by atoms with E-state index >= 15 is 0 Å². The Labute approximate surface area is 217 Å². The average molecular weight is 511 g/mol. The van der Waals surface area contributed by atoms with E-state index in [4.69, 9.17) is 13.9 Å². The van der Waals surface area contributed by atoms with Crippen molar-refractivity contribution < 1.29 is 23.8 Å². The second kappa shape index (κ2) is 11.9. The Hall–Kier alpha value is -2.25. The minimum atomic E-state index is -2.67. The highest BCUT2D eigenvalue weighted by molar-refractivity contribution is 6.99. The zero-order chi connectivity index (χ0) is 26.4. The fraction of sp³-hybridized carbons (Fsp3) is 0.500. The van der Waals surface area contributed by atoms with E-state index in [0.29, 0.717) is 38.0 Å². The summed E-state index contributed by atoms with van der Waals surface area (Å²) in [4.78, 5) is 12.0. The lowest BCUT2D eigenvalue weighted by molar-refractivity contribution is -0.172. The SMILES string of the molecule is CCOC(=O)C(C)=CC[C@@H]1O[C@H](CO[Si](c2ccccc2)(c2ccccc2)C(C)(C)C)CC[C@@]1(C)O. The summed E-state index contributed by atoms with van der Waals surface area (Å²) in [6.45, 7) is 12.9. The third-order valence-electron chi connectivity index (χ3n) is 7.16. The van der Waals surface area contributed by atoms with Crippen LogP contribution in [0.1, 0.15) is 60.8 Å². The lowest BCUT2D eigenvalue weighted by Gasteiger charge is -2.45. The highest BCUT2D eigenvalue weighted by atomic mass is 28.4. The summed E-state index contributed by atoms with van der Waals surface area (Å²) in [5, 5.41) is 13.4. The summed E-state index contributed by atoms with van der Waals surface area (Å²) in [7, 11) is -2.67. The summed E-state index contributed by atoms with van der Waals surface area (Å²) in [6.07, 6.45) is 2.99. The summed E-state index contributed by atoms with van der Waals surface area (Å²) in [5.41, 5.74) is -0.443. The van der Waals surface area contributed by atoms with Crippen LogP contribution in [0.15, 0.2) is 72.3 Å². The van der Waals surface area contributed by atoms with Crippen molar-refractivity contribution in [3.63, 3.8) is 0 Å². The molecule has 0 bridgehead atoms. The summed E-state index contributed by atoms with van der Waals surface area (Å²) >= 11 is 0. The van der Waals surface area contributed by atoms with E-state index in [0.717, 1.165) is 0 Å². The number of hydrogen-bond donors (Lipinski definition) is 1. The number of benzene rings is 2. The minimum Gasteiger partial charge on any atom is -0.463 e. The van der Waals surface area contributed by atoms with Crippen molar-refractivity contribution in [3.05, 3.63) is 72.3 Å². The van der Waals surface area contributed by atoms with Crippen molar-refractivity contribution in [2.24, 2.45) is 0 Å². The quantitative estimate of drug-likeness (QED) is 0.299. The maximum absolute atomic E-state index is 12.0. The number of carbonyl (C=O) groups excluding carboxylic acids is 1. The van der Waals surface area contributed by atoms with E-state index in [1.54, 1.807) is 13.8 Å². The highest BCUT2D eigenvalue weighted by Crippen LogP contribution is 2.38. The van der Waals surface area contributed by atoms with Crippen molar-refractivity contribution in [1.29, 1.82) is 0 Å². The van der Waals surface area contributed by atoms with Gasteiger partial charge >= 0.3 is 5.97 Å². The topological polar surface area (TPSA) is 65.0 Å². The Morgan fingerprint density at radius 3 is 2.17 bits per heavy atom. The molecule has 0 saturated carbocycles. The second-order valence-electron chi connectivity index (χ2n) is 11.0. The number of aliphatic hydroxyl groups is 1. The van der Waals surface area contributed by atoms with Crippen LogP contribution in [0.5, 0.6) is 0 Å². The van der Waals surface area contributed by atoms with Crippen molar-refractivity contribution >= 4 is 24.7 Å². The van der Waals surface area contributed by atoms with E-state index in [1.807, 2.05) is 25.1 Å². The first-order valence-corrected chi connectivity index (χ1v) is 14.9. The van der Waals surface area contributed by atoms with Crippen LogP contribution < -0.4 is 10.4 Å². The average Bonchev–Trinajstić information content (AvgIpc) is 2.84. The molecule has 2 aromatic rings. The number of rotatable bonds is 9. The zero-order valence-corrected chi connectivity index (χ0v) is 23.6. The first-order chi connectivity index (χ1) is 17.0. The standard InChI is InChI=1S/C30H42O5Si/c1-7-33-28(31)23(2)18-19-27-30(6,32)21-20-24(35-27)22-34-36(29(3,4)5,25-14-10-8-11-15-25)26-16-12-9-13-17-26/h8-18,24,27,32H,7,19-22H2,1-6H3/t24-,27-,30+/m0/s1. The van der Waals surface area contributed by atoms with Crippen molar-refractivity contribution in [3.8, 4) is 0 Å². The Morgan fingerprint density at radius 1 is 1.11 bits per heavy atom. The molecule has 0 spiro atoms. The van der Waals surface area contributed by atoms with Gasteiger partial charge in [-0.25, -0.2) is 4.79 Å². The molecule has 2 aromatic carbocycles. The van der Waals surface area contributed by atoms with Crippen molar-refractivity contribution in [2.45, 2.75) is 83.7 Å². The Balaban J connectivity index is 1.84. The van der Waals surface area contributed by atoms with Crippen LogP contribution in [0.25, 0.3) is 0 Å². The van der Waals surface area contributed by atoms with Gasteiger partial charge in [-0.1, -0.05) is 87.5 Å². The van der Waals surface area contributed by atoms with Crippen LogP contribution in [-0.2, 0) is 18.7 Å². The van der Waals surface area contributed by atoms with Gasteiger partial charge in [-0.3, -0.25) is 0 Å².